The summed E-state index contributed by atoms with van der Waals surface area (Å²) in [5.74, 6) is -0.252. The van der Waals surface area contributed by atoms with Crippen LogP contribution in [-0.2, 0) is 4.79 Å². The van der Waals surface area contributed by atoms with Crippen LogP contribution in [0.1, 0.15) is 29.3 Å². The van der Waals surface area contributed by atoms with E-state index in [2.05, 4.69) is 10.2 Å². The Kier molecular flexibility index (Phi) is 4.95. The average Bonchev–Trinajstić information content (AvgIpc) is 3.13. The molecule has 0 spiro atoms. The normalized spacial score (nSPS) is 15.2. The van der Waals surface area contributed by atoms with Gasteiger partial charge in [0.2, 0.25) is 0 Å². The highest BCUT2D eigenvalue weighted by Crippen LogP contribution is 2.28. The van der Waals surface area contributed by atoms with Crippen molar-refractivity contribution in [3.05, 3.63) is 85.8 Å². The van der Waals surface area contributed by atoms with Crippen molar-refractivity contribution in [1.82, 2.24) is 9.78 Å². The predicted molar refractivity (Wildman–Crippen MR) is 121 cm³/mol. The lowest BCUT2D eigenvalue weighted by Gasteiger charge is -2.15. The third kappa shape index (κ3) is 3.39. The zero-order chi connectivity index (χ0) is 21.6. The number of carbonyl (C=O) groups is 1. The number of H-pyrrole nitrogens is 1. The van der Waals surface area contributed by atoms with Gasteiger partial charge in [0.1, 0.15) is 0 Å². The first kappa shape index (κ1) is 19.9. The molecule has 1 aliphatic heterocycles. The van der Waals surface area contributed by atoms with Crippen LogP contribution < -0.4 is 10.6 Å². The molecule has 1 aromatic heterocycles. The Morgan fingerprint density at radius 3 is 2.37 bits per heavy atom. The Balaban J connectivity index is 1.74. The molecule has 1 aliphatic rings. The predicted octanol–water partition coefficient (Wildman–Crippen LogP) is 4.55. The number of nitrogens with zero attached hydrogens (tertiary/aromatic N) is 3. The maximum atomic E-state index is 13.1. The molecule has 30 heavy (non-hydrogen) atoms. The van der Waals surface area contributed by atoms with Gasteiger partial charge in [-0.3, -0.25) is 14.7 Å². The fourth-order valence-corrected chi connectivity index (χ4v) is 3.66. The maximum Gasteiger partial charge on any atom is 0.280 e. The number of aryl methyl sites for hydroxylation is 3. The first-order valence-electron chi connectivity index (χ1n) is 9.53. The number of hydrogen-bond acceptors (Lipinski definition) is 3. The molecule has 4 rings (SSSR count). The number of aromatic nitrogens is 2. The second-order valence-electron chi connectivity index (χ2n) is 7.42. The lowest BCUT2D eigenvalue weighted by molar-refractivity contribution is -0.114. The summed E-state index contributed by atoms with van der Waals surface area (Å²) in [6.07, 6.45) is 1.62. The van der Waals surface area contributed by atoms with Gasteiger partial charge in [-0.25, -0.2) is 4.68 Å². The summed E-state index contributed by atoms with van der Waals surface area (Å²) in [5.41, 5.74) is 5.28. The molecule has 0 saturated carbocycles. The SMILES string of the molecule is CC1=NN(c2ccc(C)cc2C)C(=O)/C1=C/c1c(C)[nH]n(-c2ccc(Cl)cc2)c1=O. The van der Waals surface area contributed by atoms with Crippen LogP contribution in [0.2, 0.25) is 5.02 Å². The van der Waals surface area contributed by atoms with Gasteiger partial charge < -0.3 is 0 Å². The molecule has 3 aromatic rings. The maximum absolute atomic E-state index is 13.1. The molecule has 0 atom stereocenters. The van der Waals surface area contributed by atoms with E-state index in [0.29, 0.717) is 33.3 Å². The molecule has 1 amide bonds. The molecule has 0 saturated heterocycles. The number of amides is 1. The largest absolute Gasteiger partial charge is 0.295 e. The smallest absolute Gasteiger partial charge is 0.280 e. The molecule has 0 radical (unpaired) electrons. The van der Waals surface area contributed by atoms with Crippen molar-refractivity contribution in [3.8, 4) is 5.69 Å². The summed E-state index contributed by atoms with van der Waals surface area (Å²) in [7, 11) is 0. The van der Waals surface area contributed by atoms with E-state index in [4.69, 9.17) is 11.6 Å². The van der Waals surface area contributed by atoms with Gasteiger partial charge in [-0.1, -0.05) is 29.3 Å². The number of benzene rings is 2. The van der Waals surface area contributed by atoms with E-state index in [0.717, 1.165) is 16.8 Å². The number of hydrogen-bond donors (Lipinski definition) is 1. The molecule has 2 aromatic carbocycles. The molecule has 0 bridgehead atoms. The highest BCUT2D eigenvalue weighted by atomic mass is 35.5. The van der Waals surface area contributed by atoms with E-state index in [-0.39, 0.29) is 11.5 Å². The lowest BCUT2D eigenvalue weighted by atomic mass is 10.1. The van der Waals surface area contributed by atoms with E-state index in [9.17, 15) is 9.59 Å². The molecule has 2 heterocycles. The topological polar surface area (TPSA) is 70.5 Å². The van der Waals surface area contributed by atoms with Crippen molar-refractivity contribution >= 4 is 35.0 Å². The molecular formula is C23H21ClN4O2. The summed E-state index contributed by atoms with van der Waals surface area (Å²) in [4.78, 5) is 26.1. The van der Waals surface area contributed by atoms with Crippen LogP contribution >= 0.6 is 11.6 Å². The zero-order valence-corrected chi connectivity index (χ0v) is 17.9. The van der Waals surface area contributed by atoms with Crippen molar-refractivity contribution in [2.45, 2.75) is 27.7 Å². The number of hydrazone groups is 1. The van der Waals surface area contributed by atoms with Gasteiger partial charge >= 0.3 is 0 Å². The van der Waals surface area contributed by atoms with Crippen LogP contribution in [0.5, 0.6) is 0 Å². The van der Waals surface area contributed by atoms with E-state index in [1.807, 2.05) is 32.0 Å². The van der Waals surface area contributed by atoms with Crippen LogP contribution in [0.4, 0.5) is 5.69 Å². The minimum atomic E-state index is -0.252. The molecule has 1 N–H and O–H groups in total. The first-order valence-corrected chi connectivity index (χ1v) is 9.90. The van der Waals surface area contributed by atoms with Gasteiger partial charge in [0, 0.05) is 10.7 Å². The molecule has 6 nitrogen and oxygen atoms in total. The first-order chi connectivity index (χ1) is 14.3. The third-order valence-corrected chi connectivity index (χ3v) is 5.39. The standard InChI is InChI=1S/C23H21ClN4O2/c1-13-5-10-21(14(2)11-13)28-23(30)20(16(4)26-28)12-19-15(3)25-27(22(19)29)18-8-6-17(24)7-9-18/h5-12,25H,1-4H3/b20-12+. The van der Waals surface area contributed by atoms with Gasteiger partial charge in [0.05, 0.1) is 28.2 Å². The van der Waals surface area contributed by atoms with Crippen LogP contribution in [-0.4, -0.2) is 21.4 Å². The summed E-state index contributed by atoms with van der Waals surface area (Å²) in [6.45, 7) is 7.52. The summed E-state index contributed by atoms with van der Waals surface area (Å²) < 4.78 is 1.44. The Labute approximate surface area is 179 Å². The van der Waals surface area contributed by atoms with Gasteiger partial charge in [-0.05, 0) is 69.7 Å². The fraction of sp³-hybridized carbons (Fsp3) is 0.174. The zero-order valence-electron chi connectivity index (χ0n) is 17.2. The molecule has 0 aliphatic carbocycles. The molecule has 152 valence electrons. The van der Waals surface area contributed by atoms with Gasteiger partial charge in [0.25, 0.3) is 11.5 Å². The Hall–Kier alpha value is -3.38. The van der Waals surface area contributed by atoms with Gasteiger partial charge in [-0.2, -0.15) is 10.1 Å². The van der Waals surface area contributed by atoms with Crippen molar-refractivity contribution in [2.75, 3.05) is 5.01 Å². The molecule has 7 heteroatoms. The minimum absolute atomic E-state index is 0.243. The van der Waals surface area contributed by atoms with Crippen molar-refractivity contribution in [1.29, 1.82) is 0 Å². The van der Waals surface area contributed by atoms with Gasteiger partial charge in [0.15, 0.2) is 0 Å². The quantitative estimate of drug-likeness (QED) is 0.631. The van der Waals surface area contributed by atoms with Crippen molar-refractivity contribution in [2.24, 2.45) is 5.10 Å². The van der Waals surface area contributed by atoms with Crippen LogP contribution in [0.3, 0.4) is 0 Å². The highest BCUT2D eigenvalue weighted by molar-refractivity contribution is 6.32. The van der Waals surface area contributed by atoms with Gasteiger partial charge in [-0.15, -0.1) is 0 Å². The minimum Gasteiger partial charge on any atom is -0.295 e. The van der Waals surface area contributed by atoms with Crippen molar-refractivity contribution < 1.29 is 4.79 Å². The monoisotopic (exact) mass is 420 g/mol. The number of halogens is 1. The number of nitrogens with one attached hydrogen (secondary N) is 1. The van der Waals surface area contributed by atoms with Crippen LogP contribution in [0, 0.1) is 20.8 Å². The molecular weight excluding hydrogens is 400 g/mol. The van der Waals surface area contributed by atoms with Crippen LogP contribution in [0.25, 0.3) is 11.8 Å². The van der Waals surface area contributed by atoms with E-state index < -0.39 is 0 Å². The molecule has 0 fully saturated rings. The number of carbonyl (C=O) groups excluding carboxylic acids is 1. The Morgan fingerprint density at radius 2 is 1.70 bits per heavy atom. The Morgan fingerprint density at radius 1 is 1.00 bits per heavy atom. The summed E-state index contributed by atoms with van der Waals surface area (Å²) in [5, 5.41) is 9.49. The highest BCUT2D eigenvalue weighted by Gasteiger charge is 2.30. The van der Waals surface area contributed by atoms with E-state index >= 15 is 0 Å². The Bertz CT molecular complexity index is 1280. The third-order valence-electron chi connectivity index (χ3n) is 5.13. The lowest BCUT2D eigenvalue weighted by Crippen LogP contribution is -2.22. The van der Waals surface area contributed by atoms with E-state index in [1.165, 1.54) is 9.69 Å². The summed E-state index contributed by atoms with van der Waals surface area (Å²) >= 11 is 5.94. The van der Waals surface area contributed by atoms with Crippen LogP contribution in [0.15, 0.2) is 57.9 Å². The number of aromatic amines is 1. The number of anilines is 1. The fourth-order valence-electron chi connectivity index (χ4n) is 3.54. The summed E-state index contributed by atoms with van der Waals surface area (Å²) in [6, 6.07) is 12.8. The number of rotatable bonds is 3. The molecule has 0 unspecified atom stereocenters. The second-order valence-corrected chi connectivity index (χ2v) is 7.85. The van der Waals surface area contributed by atoms with E-state index in [1.54, 1.807) is 44.2 Å². The second kappa shape index (κ2) is 7.46. The average molecular weight is 421 g/mol. The van der Waals surface area contributed by atoms with Crippen molar-refractivity contribution in [3.63, 3.8) is 0 Å².